The van der Waals surface area contributed by atoms with Crippen LogP contribution in [0, 0.1) is 5.82 Å². The summed E-state index contributed by atoms with van der Waals surface area (Å²) in [6.45, 7) is 5.86. The third kappa shape index (κ3) is 2.66. The molecule has 0 N–H and O–H groups in total. The standard InChI is InChI=1S/C13H16BrFO3/c1-13(2,3)8-6-7(12(16)18-5)10(15)9(14)11(8)17-4/h6H,1-5H3. The van der Waals surface area contributed by atoms with Crippen LogP contribution in [0.2, 0.25) is 0 Å². The van der Waals surface area contributed by atoms with Crippen LogP contribution in [0.25, 0.3) is 0 Å². The topological polar surface area (TPSA) is 35.5 Å². The Morgan fingerprint density at radius 1 is 1.33 bits per heavy atom. The minimum Gasteiger partial charge on any atom is -0.495 e. The summed E-state index contributed by atoms with van der Waals surface area (Å²) in [5.41, 5.74) is 0.346. The first-order valence-corrected chi connectivity index (χ1v) is 6.18. The molecule has 100 valence electrons. The van der Waals surface area contributed by atoms with Gasteiger partial charge in [-0.1, -0.05) is 20.8 Å². The van der Waals surface area contributed by atoms with E-state index in [4.69, 9.17) is 4.74 Å². The van der Waals surface area contributed by atoms with E-state index in [-0.39, 0.29) is 15.5 Å². The fourth-order valence-corrected chi connectivity index (χ4v) is 2.21. The van der Waals surface area contributed by atoms with Gasteiger partial charge in [0.05, 0.1) is 24.3 Å². The fraction of sp³-hybridized carbons (Fsp3) is 0.462. The molecule has 0 atom stereocenters. The first-order chi connectivity index (χ1) is 8.23. The highest BCUT2D eigenvalue weighted by atomic mass is 79.9. The van der Waals surface area contributed by atoms with Crippen LogP contribution >= 0.6 is 15.9 Å². The molecule has 0 radical (unpaired) electrons. The van der Waals surface area contributed by atoms with Crippen molar-refractivity contribution in [2.24, 2.45) is 0 Å². The van der Waals surface area contributed by atoms with E-state index in [1.165, 1.54) is 20.3 Å². The van der Waals surface area contributed by atoms with Crippen LogP contribution in [0.4, 0.5) is 4.39 Å². The quantitative estimate of drug-likeness (QED) is 0.780. The van der Waals surface area contributed by atoms with E-state index in [2.05, 4.69) is 20.7 Å². The summed E-state index contributed by atoms with van der Waals surface area (Å²) in [6, 6.07) is 1.48. The van der Waals surface area contributed by atoms with Gasteiger partial charge < -0.3 is 9.47 Å². The van der Waals surface area contributed by atoms with Gasteiger partial charge in [0.15, 0.2) is 5.82 Å². The molecule has 5 heteroatoms. The molecular formula is C13H16BrFO3. The van der Waals surface area contributed by atoms with Gasteiger partial charge in [-0.2, -0.15) is 0 Å². The maximum absolute atomic E-state index is 14.0. The molecule has 0 saturated carbocycles. The van der Waals surface area contributed by atoms with Crippen molar-refractivity contribution in [1.82, 2.24) is 0 Å². The second-order valence-electron chi connectivity index (χ2n) is 4.87. The van der Waals surface area contributed by atoms with Crippen LogP contribution in [-0.4, -0.2) is 20.2 Å². The third-order valence-electron chi connectivity index (χ3n) is 2.58. The number of hydrogen-bond acceptors (Lipinski definition) is 3. The highest BCUT2D eigenvalue weighted by Crippen LogP contribution is 2.40. The molecule has 0 saturated heterocycles. The van der Waals surface area contributed by atoms with Crippen molar-refractivity contribution < 1.29 is 18.7 Å². The predicted octanol–water partition coefficient (Wildman–Crippen LogP) is 3.68. The van der Waals surface area contributed by atoms with Crippen LogP contribution in [0.1, 0.15) is 36.7 Å². The molecule has 1 aromatic rings. The number of carbonyl (C=O) groups excluding carboxylic acids is 1. The van der Waals surface area contributed by atoms with Gasteiger partial charge in [0.1, 0.15) is 5.75 Å². The van der Waals surface area contributed by atoms with Gasteiger partial charge in [-0.25, -0.2) is 9.18 Å². The maximum Gasteiger partial charge on any atom is 0.340 e. The van der Waals surface area contributed by atoms with Gasteiger partial charge in [0.2, 0.25) is 0 Å². The van der Waals surface area contributed by atoms with Crippen LogP contribution in [0.5, 0.6) is 5.75 Å². The molecule has 0 unspecified atom stereocenters. The normalized spacial score (nSPS) is 11.3. The molecule has 0 fully saturated rings. The van der Waals surface area contributed by atoms with Crippen LogP contribution in [0.15, 0.2) is 10.5 Å². The SMILES string of the molecule is COC(=O)c1cc(C(C)(C)C)c(OC)c(Br)c1F. The Balaban J connectivity index is 3.61. The third-order valence-corrected chi connectivity index (χ3v) is 3.29. The average Bonchev–Trinajstić information content (AvgIpc) is 2.29. The number of esters is 1. The largest absolute Gasteiger partial charge is 0.495 e. The minimum absolute atomic E-state index is 0.102. The number of ether oxygens (including phenoxy) is 2. The molecule has 0 aromatic heterocycles. The summed E-state index contributed by atoms with van der Waals surface area (Å²) in [5, 5.41) is 0. The molecule has 0 amide bonds. The smallest absolute Gasteiger partial charge is 0.340 e. The summed E-state index contributed by atoms with van der Waals surface area (Å²) in [6.07, 6.45) is 0. The van der Waals surface area contributed by atoms with Crippen molar-refractivity contribution in [3.8, 4) is 5.75 Å². The Kier molecular flexibility index (Phi) is 4.37. The van der Waals surface area contributed by atoms with Crippen molar-refractivity contribution in [2.75, 3.05) is 14.2 Å². The Morgan fingerprint density at radius 2 is 1.89 bits per heavy atom. The molecule has 18 heavy (non-hydrogen) atoms. The highest BCUT2D eigenvalue weighted by Gasteiger charge is 2.27. The fourth-order valence-electron chi connectivity index (χ4n) is 1.62. The van der Waals surface area contributed by atoms with E-state index in [0.717, 1.165) is 5.56 Å². The van der Waals surface area contributed by atoms with Gasteiger partial charge in [0.25, 0.3) is 0 Å². The lowest BCUT2D eigenvalue weighted by atomic mass is 9.85. The number of hydrogen-bond donors (Lipinski definition) is 0. The Bertz CT molecular complexity index is 478. The molecule has 0 heterocycles. The molecule has 0 aliphatic carbocycles. The molecule has 0 bridgehead atoms. The first-order valence-electron chi connectivity index (χ1n) is 5.38. The van der Waals surface area contributed by atoms with Gasteiger partial charge in [-0.15, -0.1) is 0 Å². The summed E-state index contributed by atoms with van der Waals surface area (Å²) in [5.74, 6) is -0.985. The minimum atomic E-state index is -0.707. The maximum atomic E-state index is 14.0. The lowest BCUT2D eigenvalue weighted by Gasteiger charge is -2.24. The van der Waals surface area contributed by atoms with E-state index in [1.807, 2.05) is 20.8 Å². The van der Waals surface area contributed by atoms with Crippen molar-refractivity contribution in [2.45, 2.75) is 26.2 Å². The molecular weight excluding hydrogens is 303 g/mol. The molecule has 0 aliphatic rings. The van der Waals surface area contributed by atoms with Gasteiger partial charge >= 0.3 is 5.97 Å². The van der Waals surface area contributed by atoms with E-state index in [9.17, 15) is 9.18 Å². The molecule has 1 rings (SSSR count). The summed E-state index contributed by atoms with van der Waals surface area (Å²) >= 11 is 3.12. The van der Waals surface area contributed by atoms with Crippen molar-refractivity contribution in [3.05, 3.63) is 27.5 Å². The summed E-state index contributed by atoms with van der Waals surface area (Å²) < 4.78 is 23.9. The monoisotopic (exact) mass is 318 g/mol. The van der Waals surface area contributed by atoms with E-state index < -0.39 is 11.8 Å². The Hall–Kier alpha value is -1.10. The van der Waals surface area contributed by atoms with Crippen molar-refractivity contribution >= 4 is 21.9 Å². The van der Waals surface area contributed by atoms with E-state index >= 15 is 0 Å². The lowest BCUT2D eigenvalue weighted by molar-refractivity contribution is 0.0595. The Morgan fingerprint density at radius 3 is 2.28 bits per heavy atom. The zero-order chi connectivity index (χ0) is 14.1. The Labute approximate surface area is 114 Å². The second-order valence-corrected chi connectivity index (χ2v) is 5.67. The highest BCUT2D eigenvalue weighted by molar-refractivity contribution is 9.10. The van der Waals surface area contributed by atoms with Crippen molar-refractivity contribution in [1.29, 1.82) is 0 Å². The zero-order valence-electron chi connectivity index (χ0n) is 11.1. The number of halogens is 2. The van der Waals surface area contributed by atoms with Crippen LogP contribution in [-0.2, 0) is 10.2 Å². The van der Waals surface area contributed by atoms with Crippen LogP contribution < -0.4 is 4.74 Å². The van der Waals surface area contributed by atoms with Crippen LogP contribution in [0.3, 0.4) is 0 Å². The first kappa shape index (κ1) is 15.0. The average molecular weight is 319 g/mol. The molecule has 3 nitrogen and oxygen atoms in total. The molecule has 0 aliphatic heterocycles. The number of rotatable bonds is 2. The molecule has 0 spiro atoms. The molecule has 1 aromatic carbocycles. The summed E-state index contributed by atoms with van der Waals surface area (Å²) in [4.78, 5) is 11.5. The van der Waals surface area contributed by atoms with E-state index in [0.29, 0.717) is 5.75 Å². The predicted molar refractivity (Wildman–Crippen MR) is 70.7 cm³/mol. The van der Waals surface area contributed by atoms with Gasteiger partial charge in [-0.3, -0.25) is 0 Å². The lowest BCUT2D eigenvalue weighted by Crippen LogP contribution is -2.16. The van der Waals surface area contributed by atoms with Gasteiger partial charge in [0, 0.05) is 5.56 Å². The van der Waals surface area contributed by atoms with Gasteiger partial charge in [-0.05, 0) is 27.4 Å². The zero-order valence-corrected chi connectivity index (χ0v) is 12.6. The van der Waals surface area contributed by atoms with E-state index in [1.54, 1.807) is 0 Å². The van der Waals surface area contributed by atoms with Crippen molar-refractivity contribution in [3.63, 3.8) is 0 Å². The second kappa shape index (κ2) is 5.26. The number of methoxy groups -OCH3 is 2. The number of benzene rings is 1. The summed E-state index contributed by atoms with van der Waals surface area (Å²) in [7, 11) is 2.68. The number of carbonyl (C=O) groups is 1.